The first-order valence-electron chi connectivity index (χ1n) is 11.0. The number of amides is 2. The Hall–Kier alpha value is -3.83. The second kappa shape index (κ2) is 9.67. The average molecular weight is 516 g/mol. The molecule has 3 aromatic rings. The summed E-state index contributed by atoms with van der Waals surface area (Å²) in [5, 5.41) is 5.46. The monoisotopic (exact) mass is 515 g/mol. The van der Waals surface area contributed by atoms with E-state index in [1.54, 1.807) is 18.3 Å². The molecule has 1 aromatic carbocycles. The normalized spacial score (nSPS) is 15.3. The second-order valence-electron chi connectivity index (χ2n) is 8.12. The van der Waals surface area contributed by atoms with E-state index in [1.807, 2.05) is 0 Å². The largest absolute Gasteiger partial charge is 0.487 e. The molecule has 36 heavy (non-hydrogen) atoms. The number of nitrogens with zero attached hydrogens (tertiary/aromatic N) is 3. The molecule has 0 saturated carbocycles. The number of hydrogen-bond acceptors (Lipinski definition) is 7. The lowest BCUT2D eigenvalue weighted by Gasteiger charge is -2.29. The van der Waals surface area contributed by atoms with E-state index >= 15 is 0 Å². The number of alkyl halides is 3. The van der Waals surface area contributed by atoms with Gasteiger partial charge in [-0.15, -0.1) is 8.78 Å². The molecule has 9 nitrogen and oxygen atoms in total. The molecule has 5 rings (SSSR count). The molecule has 4 heterocycles. The molecule has 2 amide bonds. The fourth-order valence-electron chi connectivity index (χ4n) is 4.00. The third-order valence-corrected chi connectivity index (χ3v) is 5.80. The highest BCUT2D eigenvalue weighted by Gasteiger charge is 2.27. The first-order valence-corrected chi connectivity index (χ1v) is 11.4. The molecule has 0 bridgehead atoms. The molecule has 0 atom stereocenters. The lowest BCUT2D eigenvalue weighted by atomic mass is 10.0. The van der Waals surface area contributed by atoms with E-state index in [-0.39, 0.29) is 17.2 Å². The predicted molar refractivity (Wildman–Crippen MR) is 127 cm³/mol. The maximum absolute atomic E-state index is 13.0. The lowest BCUT2D eigenvalue weighted by Crippen LogP contribution is -2.37. The van der Waals surface area contributed by atoms with Crippen LogP contribution < -0.4 is 20.3 Å². The number of aromatic nitrogens is 2. The fourth-order valence-corrected chi connectivity index (χ4v) is 4.09. The number of nitrogens with one attached hydrogen (secondary N) is 2. The van der Waals surface area contributed by atoms with Crippen LogP contribution in [0, 0.1) is 0 Å². The molecule has 2 aliphatic heterocycles. The van der Waals surface area contributed by atoms with Crippen molar-refractivity contribution in [1.29, 1.82) is 0 Å². The number of morpholine rings is 1. The number of hydrogen-bond donors (Lipinski definition) is 2. The van der Waals surface area contributed by atoms with Crippen LogP contribution in [0.5, 0.6) is 5.75 Å². The van der Waals surface area contributed by atoms with Gasteiger partial charge in [-0.1, -0.05) is 0 Å². The Morgan fingerprint density at radius 3 is 2.58 bits per heavy atom. The number of anilines is 2. The molecule has 186 valence electrons. The van der Waals surface area contributed by atoms with Gasteiger partial charge in [0.25, 0.3) is 11.8 Å². The summed E-state index contributed by atoms with van der Waals surface area (Å²) in [4.78, 5) is 36.2. The van der Waals surface area contributed by atoms with E-state index in [0.717, 1.165) is 0 Å². The Bertz CT molecular complexity index is 1310. The van der Waals surface area contributed by atoms with Crippen LogP contribution in [-0.2, 0) is 11.3 Å². The number of ether oxygens (including phenoxy) is 2. The van der Waals surface area contributed by atoms with Crippen molar-refractivity contribution in [3.8, 4) is 16.9 Å². The average Bonchev–Trinajstić information content (AvgIpc) is 3.24. The van der Waals surface area contributed by atoms with Gasteiger partial charge in [0, 0.05) is 53.9 Å². The van der Waals surface area contributed by atoms with Crippen LogP contribution in [0.4, 0.5) is 20.3 Å². The van der Waals surface area contributed by atoms with Gasteiger partial charge < -0.3 is 25.0 Å². The Kier molecular flexibility index (Phi) is 6.42. The molecule has 12 heteroatoms. The summed E-state index contributed by atoms with van der Waals surface area (Å²) in [7, 11) is 0. The molecular formula is C24H20ClF2N5O4. The van der Waals surface area contributed by atoms with Gasteiger partial charge in [0.05, 0.1) is 36.6 Å². The van der Waals surface area contributed by atoms with Gasteiger partial charge in [0.15, 0.2) is 0 Å². The molecule has 0 aliphatic carbocycles. The molecule has 2 aromatic heterocycles. The second-order valence-corrected chi connectivity index (χ2v) is 8.56. The summed E-state index contributed by atoms with van der Waals surface area (Å²) >= 11 is 4.78. The van der Waals surface area contributed by atoms with Gasteiger partial charge in [0.1, 0.15) is 11.6 Å². The molecule has 1 saturated heterocycles. The van der Waals surface area contributed by atoms with E-state index in [0.29, 0.717) is 66.7 Å². The highest BCUT2D eigenvalue weighted by molar-refractivity contribution is 6.20. The Labute approximate surface area is 209 Å². The van der Waals surface area contributed by atoms with Crippen LogP contribution in [0.15, 0.2) is 48.8 Å². The Balaban J connectivity index is 1.44. The molecule has 0 spiro atoms. The molecule has 2 aliphatic rings. The highest BCUT2D eigenvalue weighted by atomic mass is 35.5. The summed E-state index contributed by atoms with van der Waals surface area (Å²) in [6.45, 7) is 2.71. The lowest BCUT2D eigenvalue weighted by molar-refractivity contribution is -0.0964. The first kappa shape index (κ1) is 23.9. The van der Waals surface area contributed by atoms with Crippen LogP contribution in [0.25, 0.3) is 11.1 Å². The van der Waals surface area contributed by atoms with Gasteiger partial charge in [-0.25, -0.2) is 4.98 Å². The van der Waals surface area contributed by atoms with Crippen LogP contribution in [-0.4, -0.2) is 53.7 Å². The van der Waals surface area contributed by atoms with E-state index in [2.05, 4.69) is 30.2 Å². The van der Waals surface area contributed by atoms with Crippen molar-refractivity contribution in [3.05, 3.63) is 65.6 Å². The Morgan fingerprint density at radius 1 is 1.11 bits per heavy atom. The number of fused-ring (bicyclic) bond motifs is 1. The maximum atomic E-state index is 13.0. The van der Waals surface area contributed by atoms with Crippen LogP contribution >= 0.6 is 11.6 Å². The summed E-state index contributed by atoms with van der Waals surface area (Å²) in [5.74, 6) is -0.160. The van der Waals surface area contributed by atoms with Crippen molar-refractivity contribution in [3.63, 3.8) is 0 Å². The zero-order valence-electron chi connectivity index (χ0n) is 18.8. The van der Waals surface area contributed by atoms with Crippen LogP contribution in [0.2, 0.25) is 0 Å². The van der Waals surface area contributed by atoms with Crippen LogP contribution in [0.1, 0.15) is 26.4 Å². The number of halogens is 3. The molecule has 2 N–H and O–H groups in total. The van der Waals surface area contributed by atoms with Crippen molar-refractivity contribution in [2.45, 2.75) is 12.1 Å². The van der Waals surface area contributed by atoms with Gasteiger partial charge in [-0.2, -0.15) is 0 Å². The molecule has 1 fully saturated rings. The fraction of sp³-hybridized carbons (Fsp3) is 0.250. The van der Waals surface area contributed by atoms with Gasteiger partial charge in [-0.3, -0.25) is 14.6 Å². The van der Waals surface area contributed by atoms with E-state index in [1.165, 1.54) is 30.5 Å². The quantitative estimate of drug-likeness (QED) is 0.483. The summed E-state index contributed by atoms with van der Waals surface area (Å²) in [6, 6.07) is 8.79. The first-order chi connectivity index (χ1) is 17.3. The van der Waals surface area contributed by atoms with Crippen molar-refractivity contribution in [2.75, 3.05) is 36.5 Å². The SMILES string of the molecule is O=C(Nc1ccc(OC(F)(F)Cl)cc1)c1cnc(N2CCOCC2)c(-c2cnc3c(c2)C(=O)NC3)c1. The highest BCUT2D eigenvalue weighted by Crippen LogP contribution is 2.32. The molecule has 0 unspecified atom stereocenters. The number of rotatable bonds is 6. The standard InChI is InChI=1S/C24H20ClF2N5O4/c25-24(26,27)36-17-3-1-16(2-4-17)31-22(33)15-10-18(21(29-12-15)32-5-7-35-8-6-32)14-9-19-20(28-11-14)13-30-23(19)34/h1-4,9-12H,5-8,13H2,(H,30,34)(H,31,33). The third kappa shape index (κ3) is 5.21. The minimum absolute atomic E-state index is 0.153. The topological polar surface area (TPSA) is 106 Å². The molecule has 0 radical (unpaired) electrons. The number of benzene rings is 1. The van der Waals surface area contributed by atoms with Gasteiger partial charge in [-0.05, 0) is 36.4 Å². The van der Waals surface area contributed by atoms with E-state index < -0.39 is 11.5 Å². The summed E-state index contributed by atoms with van der Waals surface area (Å²) in [5.41, 5.74) is -0.759. The van der Waals surface area contributed by atoms with E-state index in [9.17, 15) is 18.4 Å². The van der Waals surface area contributed by atoms with Crippen LogP contribution in [0.3, 0.4) is 0 Å². The van der Waals surface area contributed by atoms with Gasteiger partial charge >= 0.3 is 5.57 Å². The van der Waals surface area contributed by atoms with Crippen molar-refractivity contribution >= 4 is 34.9 Å². The smallest absolute Gasteiger partial charge is 0.420 e. The zero-order valence-corrected chi connectivity index (χ0v) is 19.5. The maximum Gasteiger partial charge on any atom is 0.487 e. The number of carbonyl (C=O) groups is 2. The van der Waals surface area contributed by atoms with Crippen molar-refractivity contribution in [1.82, 2.24) is 15.3 Å². The molecular weight excluding hydrogens is 496 g/mol. The number of carbonyl (C=O) groups excluding carboxylic acids is 2. The van der Waals surface area contributed by atoms with E-state index in [4.69, 9.17) is 16.3 Å². The summed E-state index contributed by atoms with van der Waals surface area (Å²) < 4.78 is 35.3. The zero-order chi connectivity index (χ0) is 25.3. The predicted octanol–water partition coefficient (Wildman–Crippen LogP) is 3.64. The number of pyridine rings is 2. The third-order valence-electron chi connectivity index (χ3n) is 5.73. The minimum atomic E-state index is -3.83. The summed E-state index contributed by atoms with van der Waals surface area (Å²) in [6.07, 6.45) is 3.12. The van der Waals surface area contributed by atoms with Crippen molar-refractivity contribution in [2.24, 2.45) is 0 Å². The minimum Gasteiger partial charge on any atom is -0.420 e. The van der Waals surface area contributed by atoms with Crippen molar-refractivity contribution < 1.29 is 27.8 Å². The Morgan fingerprint density at radius 2 is 1.86 bits per heavy atom. The van der Waals surface area contributed by atoms with Gasteiger partial charge in [0.2, 0.25) is 0 Å².